The van der Waals surface area contributed by atoms with Crippen LogP contribution in [0.25, 0.3) is 0 Å². The molecule has 20 heavy (non-hydrogen) atoms. The van der Waals surface area contributed by atoms with Crippen LogP contribution in [0, 0.1) is 0 Å². The number of hydrogen-bond acceptors (Lipinski definition) is 4. The van der Waals surface area contributed by atoms with Crippen molar-refractivity contribution in [3.63, 3.8) is 0 Å². The van der Waals surface area contributed by atoms with Crippen LogP contribution in [0.4, 0.5) is 0 Å². The lowest BCUT2D eigenvalue weighted by atomic mass is 10.1. The number of hydrogen-bond donors (Lipinski definition) is 1. The summed E-state index contributed by atoms with van der Waals surface area (Å²) in [6, 6.07) is 10.2. The highest BCUT2D eigenvalue weighted by molar-refractivity contribution is 5.17. The second kappa shape index (κ2) is 7.85. The molecule has 0 spiro atoms. The van der Waals surface area contributed by atoms with Crippen molar-refractivity contribution in [3.05, 3.63) is 59.9 Å². The molecule has 0 radical (unpaired) electrons. The van der Waals surface area contributed by atoms with E-state index in [1.54, 1.807) is 12.1 Å². The lowest BCUT2D eigenvalue weighted by Gasteiger charge is -2.22. The summed E-state index contributed by atoms with van der Waals surface area (Å²) >= 11 is 0. The second-order valence-corrected chi connectivity index (χ2v) is 4.75. The van der Waals surface area contributed by atoms with Crippen molar-refractivity contribution in [2.45, 2.75) is 19.1 Å². The van der Waals surface area contributed by atoms with Crippen LogP contribution in [0.3, 0.4) is 0 Å². The fourth-order valence-electron chi connectivity index (χ4n) is 2.15. The number of nitrogens with two attached hydrogens (primary N) is 1. The number of rotatable bonds is 7. The first-order valence-corrected chi connectivity index (χ1v) is 6.85. The molecular weight excluding hydrogens is 252 g/mol. The molecule has 108 valence electrons. The second-order valence-electron chi connectivity index (χ2n) is 4.75. The fraction of sp³-hybridized carbons (Fsp3) is 0.375. The van der Waals surface area contributed by atoms with E-state index < -0.39 is 0 Å². The molecule has 0 fully saturated rings. The highest BCUT2D eigenvalue weighted by atomic mass is 16.5. The molecule has 1 aromatic carbocycles. The average Bonchev–Trinajstić information content (AvgIpc) is 2.49. The van der Waals surface area contributed by atoms with E-state index in [9.17, 15) is 0 Å². The molecule has 0 aromatic heterocycles. The molecule has 0 aliphatic heterocycles. The zero-order valence-corrected chi connectivity index (χ0v) is 11.9. The predicted octanol–water partition coefficient (Wildman–Crippen LogP) is 2.24. The summed E-state index contributed by atoms with van der Waals surface area (Å²) in [5.41, 5.74) is 1.20. The van der Waals surface area contributed by atoms with Gasteiger partial charge in [-0.1, -0.05) is 42.5 Å². The Balaban J connectivity index is 1.70. The van der Waals surface area contributed by atoms with Gasteiger partial charge in [-0.2, -0.15) is 0 Å². The SMILES string of the molecule is COC1=CC=CCC1OCCN(N)Cc1ccccc1. The normalized spacial score (nSPS) is 18.1. The molecule has 1 aliphatic carbocycles. The first-order chi connectivity index (χ1) is 9.79. The molecule has 0 bridgehead atoms. The van der Waals surface area contributed by atoms with Crippen molar-refractivity contribution < 1.29 is 9.47 Å². The Labute approximate surface area is 120 Å². The largest absolute Gasteiger partial charge is 0.498 e. The number of benzene rings is 1. The van der Waals surface area contributed by atoms with Crippen molar-refractivity contribution >= 4 is 0 Å². The highest BCUT2D eigenvalue weighted by Crippen LogP contribution is 2.17. The van der Waals surface area contributed by atoms with Gasteiger partial charge in [-0.15, -0.1) is 0 Å². The highest BCUT2D eigenvalue weighted by Gasteiger charge is 2.16. The molecule has 1 atom stereocenters. The number of allylic oxidation sites excluding steroid dienone is 2. The van der Waals surface area contributed by atoms with E-state index in [-0.39, 0.29) is 6.10 Å². The molecule has 0 heterocycles. The van der Waals surface area contributed by atoms with Gasteiger partial charge in [-0.05, 0) is 18.1 Å². The van der Waals surface area contributed by atoms with E-state index in [2.05, 4.69) is 18.2 Å². The molecule has 1 unspecified atom stereocenters. The van der Waals surface area contributed by atoms with Gasteiger partial charge >= 0.3 is 0 Å². The van der Waals surface area contributed by atoms with Gasteiger partial charge in [0, 0.05) is 13.1 Å². The topological polar surface area (TPSA) is 47.7 Å². The Kier molecular flexibility index (Phi) is 5.80. The molecule has 1 aliphatic rings. The summed E-state index contributed by atoms with van der Waals surface area (Å²) in [5, 5.41) is 1.77. The van der Waals surface area contributed by atoms with Crippen molar-refractivity contribution in [2.24, 2.45) is 5.84 Å². The van der Waals surface area contributed by atoms with Gasteiger partial charge in [-0.25, -0.2) is 5.01 Å². The summed E-state index contributed by atoms with van der Waals surface area (Å²) in [4.78, 5) is 0. The van der Waals surface area contributed by atoms with E-state index >= 15 is 0 Å². The van der Waals surface area contributed by atoms with Crippen molar-refractivity contribution in [2.75, 3.05) is 20.3 Å². The van der Waals surface area contributed by atoms with Crippen LogP contribution >= 0.6 is 0 Å². The summed E-state index contributed by atoms with van der Waals surface area (Å²) in [6.07, 6.45) is 6.87. The zero-order valence-electron chi connectivity index (χ0n) is 11.9. The molecule has 1 aromatic rings. The Morgan fingerprint density at radius 1 is 1.30 bits per heavy atom. The first kappa shape index (κ1) is 14.8. The predicted molar refractivity (Wildman–Crippen MR) is 79.6 cm³/mol. The zero-order chi connectivity index (χ0) is 14.2. The molecule has 0 saturated heterocycles. The van der Waals surface area contributed by atoms with Crippen LogP contribution in [0.1, 0.15) is 12.0 Å². The van der Waals surface area contributed by atoms with Gasteiger partial charge in [0.25, 0.3) is 0 Å². The first-order valence-electron chi connectivity index (χ1n) is 6.85. The van der Waals surface area contributed by atoms with E-state index in [1.165, 1.54) is 5.56 Å². The van der Waals surface area contributed by atoms with Crippen LogP contribution < -0.4 is 5.84 Å². The molecule has 0 saturated carbocycles. The van der Waals surface area contributed by atoms with Crippen molar-refractivity contribution in [1.82, 2.24) is 5.01 Å². The summed E-state index contributed by atoms with van der Waals surface area (Å²) in [7, 11) is 1.67. The average molecular weight is 274 g/mol. The van der Waals surface area contributed by atoms with Crippen LogP contribution in [0.2, 0.25) is 0 Å². The lowest BCUT2D eigenvalue weighted by molar-refractivity contribution is 0.0265. The van der Waals surface area contributed by atoms with Crippen LogP contribution in [0.15, 0.2) is 54.3 Å². The van der Waals surface area contributed by atoms with Gasteiger partial charge in [0.05, 0.1) is 13.7 Å². The Morgan fingerprint density at radius 3 is 2.85 bits per heavy atom. The van der Waals surface area contributed by atoms with Crippen molar-refractivity contribution in [3.8, 4) is 0 Å². The smallest absolute Gasteiger partial charge is 0.125 e. The minimum atomic E-state index is 0.00938. The standard InChI is InChI=1S/C16H22N2O2/c1-19-15-9-5-6-10-16(15)20-12-11-18(17)13-14-7-3-2-4-8-14/h2-9,16H,10-13,17H2,1H3. The molecule has 0 amide bonds. The van der Waals surface area contributed by atoms with Crippen LogP contribution in [-0.2, 0) is 16.0 Å². The van der Waals surface area contributed by atoms with E-state index in [0.29, 0.717) is 13.2 Å². The maximum Gasteiger partial charge on any atom is 0.125 e. The molecule has 2 N–H and O–H groups in total. The number of nitrogens with zero attached hydrogens (tertiary/aromatic N) is 1. The van der Waals surface area contributed by atoms with Gasteiger partial charge in [-0.3, -0.25) is 5.84 Å². The summed E-state index contributed by atoms with van der Waals surface area (Å²) in [6.45, 7) is 2.00. The summed E-state index contributed by atoms with van der Waals surface area (Å²) < 4.78 is 11.1. The maximum atomic E-state index is 5.98. The van der Waals surface area contributed by atoms with E-state index in [1.807, 2.05) is 30.4 Å². The van der Waals surface area contributed by atoms with E-state index in [0.717, 1.165) is 18.7 Å². The van der Waals surface area contributed by atoms with Gasteiger partial charge in [0.15, 0.2) is 0 Å². The van der Waals surface area contributed by atoms with Gasteiger partial charge < -0.3 is 9.47 Å². The van der Waals surface area contributed by atoms with E-state index in [4.69, 9.17) is 15.3 Å². The Morgan fingerprint density at radius 2 is 2.10 bits per heavy atom. The monoisotopic (exact) mass is 274 g/mol. The maximum absolute atomic E-state index is 5.98. The molecule has 4 nitrogen and oxygen atoms in total. The third-order valence-corrected chi connectivity index (χ3v) is 3.23. The third kappa shape index (κ3) is 4.49. The minimum absolute atomic E-state index is 0.00938. The van der Waals surface area contributed by atoms with Gasteiger partial charge in [0.1, 0.15) is 11.9 Å². The number of methoxy groups -OCH3 is 1. The Bertz CT molecular complexity index is 457. The van der Waals surface area contributed by atoms with Crippen LogP contribution in [-0.4, -0.2) is 31.4 Å². The third-order valence-electron chi connectivity index (χ3n) is 3.23. The minimum Gasteiger partial charge on any atom is -0.498 e. The number of hydrazine groups is 1. The van der Waals surface area contributed by atoms with Crippen molar-refractivity contribution in [1.29, 1.82) is 0 Å². The molecule has 2 rings (SSSR count). The fourth-order valence-corrected chi connectivity index (χ4v) is 2.15. The summed E-state index contributed by atoms with van der Waals surface area (Å²) in [5.74, 6) is 6.86. The quantitative estimate of drug-likeness (QED) is 0.612. The molecule has 4 heteroatoms. The molecular formula is C16H22N2O2. The lowest BCUT2D eigenvalue weighted by Crippen LogP contribution is -2.34. The number of ether oxygens (including phenoxy) is 2. The van der Waals surface area contributed by atoms with Gasteiger partial charge in [0.2, 0.25) is 0 Å². The Hall–Kier alpha value is -1.62. The van der Waals surface area contributed by atoms with Crippen LogP contribution in [0.5, 0.6) is 0 Å².